The molecule has 0 fully saturated rings. The minimum absolute atomic E-state index is 0.160. The number of benzene rings is 1. The summed E-state index contributed by atoms with van der Waals surface area (Å²) in [5, 5.41) is 1.96. The molecule has 1 aromatic carbocycles. The van der Waals surface area contributed by atoms with Gasteiger partial charge < -0.3 is 9.64 Å². The summed E-state index contributed by atoms with van der Waals surface area (Å²) in [6, 6.07) is 6.53. The van der Waals surface area contributed by atoms with Crippen LogP contribution in [0.5, 0.6) is 0 Å². The molecule has 3 amide bonds. The maximum atomic E-state index is 12.6. The van der Waals surface area contributed by atoms with E-state index < -0.39 is 23.5 Å². The Morgan fingerprint density at radius 3 is 1.96 bits per heavy atom. The highest BCUT2D eigenvalue weighted by atomic mass is 16.6. The summed E-state index contributed by atoms with van der Waals surface area (Å²) < 4.78 is 5.36. The van der Waals surface area contributed by atoms with E-state index in [4.69, 9.17) is 4.74 Å². The van der Waals surface area contributed by atoms with E-state index >= 15 is 0 Å². The first-order valence-electron chi connectivity index (χ1n) is 7.75. The van der Waals surface area contributed by atoms with Crippen LogP contribution in [-0.4, -0.2) is 65.6 Å². The van der Waals surface area contributed by atoms with Gasteiger partial charge in [0.05, 0.1) is 17.7 Å². The van der Waals surface area contributed by atoms with Gasteiger partial charge in [0.25, 0.3) is 11.8 Å². The van der Waals surface area contributed by atoms with Gasteiger partial charge >= 0.3 is 6.09 Å². The summed E-state index contributed by atoms with van der Waals surface area (Å²) in [7, 11) is 3.69. The summed E-state index contributed by atoms with van der Waals surface area (Å²) >= 11 is 0. The summed E-state index contributed by atoms with van der Waals surface area (Å²) in [5.74, 6) is -1.03. The van der Waals surface area contributed by atoms with Crippen molar-refractivity contribution in [3.63, 3.8) is 0 Å². The molecule has 7 heteroatoms. The zero-order valence-electron chi connectivity index (χ0n) is 14.7. The van der Waals surface area contributed by atoms with Crippen LogP contribution in [0.2, 0.25) is 0 Å². The number of likely N-dealkylation sites (N-methyl/N-ethyl adjacent to an activating group) is 1. The Kier molecular flexibility index (Phi) is 4.94. The third-order valence-electron chi connectivity index (χ3n) is 3.38. The van der Waals surface area contributed by atoms with Crippen LogP contribution in [0, 0.1) is 0 Å². The first-order valence-corrected chi connectivity index (χ1v) is 7.75. The average Bonchev–Trinajstić information content (AvgIpc) is 2.71. The van der Waals surface area contributed by atoms with Crippen LogP contribution in [0.15, 0.2) is 24.3 Å². The second-order valence-electron chi connectivity index (χ2n) is 6.87. The van der Waals surface area contributed by atoms with Gasteiger partial charge in [-0.15, -0.1) is 0 Å². The molecule has 0 unspecified atom stereocenters. The van der Waals surface area contributed by atoms with Crippen LogP contribution in [-0.2, 0) is 4.74 Å². The highest BCUT2D eigenvalue weighted by Crippen LogP contribution is 2.25. The van der Waals surface area contributed by atoms with Crippen molar-refractivity contribution in [1.82, 2.24) is 14.9 Å². The highest BCUT2D eigenvalue weighted by Gasteiger charge is 2.42. The second kappa shape index (κ2) is 6.60. The number of hydrogen-bond acceptors (Lipinski definition) is 5. The second-order valence-corrected chi connectivity index (χ2v) is 6.87. The van der Waals surface area contributed by atoms with Gasteiger partial charge in [0.1, 0.15) is 5.60 Å². The molecule has 0 saturated heterocycles. The maximum absolute atomic E-state index is 12.6. The van der Waals surface area contributed by atoms with Gasteiger partial charge in [0.2, 0.25) is 0 Å². The first kappa shape index (κ1) is 17.9. The van der Waals surface area contributed by atoms with Gasteiger partial charge in [0, 0.05) is 6.54 Å². The van der Waals surface area contributed by atoms with E-state index in [1.165, 1.54) is 0 Å². The molecule has 1 heterocycles. The molecular weight excluding hydrogens is 310 g/mol. The summed E-state index contributed by atoms with van der Waals surface area (Å²) in [5.41, 5.74) is -0.145. The summed E-state index contributed by atoms with van der Waals surface area (Å²) in [6.07, 6.45) is -0.723. The van der Waals surface area contributed by atoms with Gasteiger partial charge in [-0.25, -0.2) is 9.80 Å². The predicted molar refractivity (Wildman–Crippen MR) is 88.4 cm³/mol. The maximum Gasteiger partial charge on any atom is 0.429 e. The first-order chi connectivity index (χ1) is 11.1. The number of hydrazine groups is 1. The van der Waals surface area contributed by atoms with Crippen molar-refractivity contribution in [2.75, 3.05) is 27.2 Å². The fourth-order valence-corrected chi connectivity index (χ4v) is 2.28. The molecule has 24 heavy (non-hydrogen) atoms. The van der Waals surface area contributed by atoms with Crippen molar-refractivity contribution in [2.45, 2.75) is 26.4 Å². The van der Waals surface area contributed by atoms with Crippen LogP contribution >= 0.6 is 0 Å². The summed E-state index contributed by atoms with van der Waals surface area (Å²) in [4.78, 5) is 39.6. The number of ether oxygens (including phenoxy) is 1. The zero-order valence-corrected chi connectivity index (χ0v) is 14.7. The Morgan fingerprint density at radius 2 is 1.54 bits per heavy atom. The van der Waals surface area contributed by atoms with E-state index in [1.54, 1.807) is 45.0 Å². The number of fused-ring (bicyclic) bond motifs is 1. The molecule has 0 spiro atoms. The molecular formula is C17H23N3O4. The van der Waals surface area contributed by atoms with E-state index in [0.717, 1.165) is 10.0 Å². The van der Waals surface area contributed by atoms with E-state index in [0.29, 0.717) is 17.7 Å². The SMILES string of the molecule is CN(C)CCN(C(=O)OC(C)(C)C)N1C(=O)c2ccccc2C1=O. The molecule has 0 radical (unpaired) electrons. The molecule has 0 saturated carbocycles. The van der Waals surface area contributed by atoms with E-state index in [2.05, 4.69) is 0 Å². The Balaban J connectivity index is 2.32. The molecule has 0 bridgehead atoms. The van der Waals surface area contributed by atoms with Crippen LogP contribution in [0.1, 0.15) is 41.5 Å². The van der Waals surface area contributed by atoms with Crippen molar-refractivity contribution in [1.29, 1.82) is 0 Å². The van der Waals surface area contributed by atoms with Gasteiger partial charge in [0.15, 0.2) is 0 Å². The molecule has 7 nitrogen and oxygen atoms in total. The number of hydrogen-bond donors (Lipinski definition) is 0. The van der Waals surface area contributed by atoms with Gasteiger partial charge in [-0.2, -0.15) is 5.01 Å². The third kappa shape index (κ3) is 3.73. The van der Waals surface area contributed by atoms with Crippen LogP contribution in [0.4, 0.5) is 4.79 Å². The van der Waals surface area contributed by atoms with Crippen molar-refractivity contribution in [3.05, 3.63) is 35.4 Å². The molecule has 1 aromatic rings. The monoisotopic (exact) mass is 333 g/mol. The van der Waals surface area contributed by atoms with E-state index in [-0.39, 0.29) is 6.54 Å². The van der Waals surface area contributed by atoms with Crippen LogP contribution in [0.25, 0.3) is 0 Å². The topological polar surface area (TPSA) is 70.2 Å². The fourth-order valence-electron chi connectivity index (χ4n) is 2.28. The Morgan fingerprint density at radius 1 is 1.04 bits per heavy atom. The largest absolute Gasteiger partial charge is 0.442 e. The lowest BCUT2D eigenvalue weighted by Gasteiger charge is -2.32. The molecule has 0 N–H and O–H groups in total. The number of imide groups is 1. The van der Waals surface area contributed by atoms with Gasteiger partial charge in [-0.05, 0) is 47.0 Å². The molecule has 2 rings (SSSR count). The normalized spacial score (nSPS) is 14.2. The Hall–Kier alpha value is -2.41. The van der Waals surface area contributed by atoms with Crippen molar-refractivity contribution in [2.24, 2.45) is 0 Å². The fraction of sp³-hybridized carbons (Fsp3) is 0.471. The molecule has 1 aliphatic heterocycles. The molecule has 0 aliphatic carbocycles. The molecule has 0 aromatic heterocycles. The number of carbonyl (C=O) groups is 3. The lowest BCUT2D eigenvalue weighted by atomic mass is 10.1. The van der Waals surface area contributed by atoms with E-state index in [9.17, 15) is 14.4 Å². The minimum Gasteiger partial charge on any atom is -0.442 e. The molecule has 1 aliphatic rings. The predicted octanol–water partition coefficient (Wildman–Crippen LogP) is 2.00. The van der Waals surface area contributed by atoms with Crippen LogP contribution in [0.3, 0.4) is 0 Å². The number of rotatable bonds is 4. The Bertz CT molecular complexity index is 629. The van der Waals surface area contributed by atoms with Crippen molar-refractivity contribution >= 4 is 17.9 Å². The quantitative estimate of drug-likeness (QED) is 0.788. The molecule has 0 atom stereocenters. The average molecular weight is 333 g/mol. The lowest BCUT2D eigenvalue weighted by Crippen LogP contribution is -2.53. The van der Waals surface area contributed by atoms with E-state index in [1.807, 2.05) is 19.0 Å². The number of amides is 3. The highest BCUT2D eigenvalue weighted by molar-refractivity contribution is 6.21. The number of carbonyl (C=O) groups excluding carboxylic acids is 3. The number of nitrogens with zero attached hydrogens (tertiary/aromatic N) is 3. The van der Waals surface area contributed by atoms with Gasteiger partial charge in [-0.1, -0.05) is 12.1 Å². The summed E-state index contributed by atoms with van der Waals surface area (Å²) in [6.45, 7) is 5.84. The third-order valence-corrected chi connectivity index (χ3v) is 3.38. The van der Waals surface area contributed by atoms with Crippen LogP contribution < -0.4 is 0 Å². The standard InChI is InChI=1S/C17H23N3O4/c1-17(2,3)24-16(23)19(11-10-18(4)5)20-14(21)12-8-6-7-9-13(12)15(20)22/h6-9H,10-11H2,1-5H3. The van der Waals surface area contributed by atoms with Crippen molar-refractivity contribution in [3.8, 4) is 0 Å². The lowest BCUT2D eigenvalue weighted by molar-refractivity contribution is -0.0300. The minimum atomic E-state index is -0.730. The van der Waals surface area contributed by atoms with Crippen molar-refractivity contribution < 1.29 is 19.1 Å². The Labute approximate surface area is 141 Å². The molecule has 130 valence electrons. The van der Waals surface area contributed by atoms with Gasteiger partial charge in [-0.3, -0.25) is 9.59 Å². The zero-order chi connectivity index (χ0) is 18.1. The smallest absolute Gasteiger partial charge is 0.429 e.